The van der Waals surface area contributed by atoms with Crippen LogP contribution in [0.3, 0.4) is 0 Å². The molecule has 0 aliphatic rings. The van der Waals surface area contributed by atoms with Gasteiger partial charge in [-0.2, -0.15) is 0 Å². The van der Waals surface area contributed by atoms with Crippen LogP contribution in [0.15, 0.2) is 68.2 Å². The van der Waals surface area contributed by atoms with Gasteiger partial charge in [-0.3, -0.25) is 0 Å². The Kier molecular flexibility index (Phi) is 4.99. The highest BCUT2D eigenvalue weighted by Crippen LogP contribution is 2.34. The molecule has 29 heavy (non-hydrogen) atoms. The van der Waals surface area contributed by atoms with Crippen molar-refractivity contribution in [1.82, 2.24) is 0 Å². The van der Waals surface area contributed by atoms with E-state index in [1.165, 1.54) is 6.92 Å². The molecule has 0 saturated heterocycles. The van der Waals surface area contributed by atoms with Crippen molar-refractivity contribution in [3.8, 4) is 28.8 Å². The van der Waals surface area contributed by atoms with Crippen LogP contribution < -0.4 is 15.1 Å². The lowest BCUT2D eigenvalue weighted by Crippen LogP contribution is -2.08. The molecule has 2 aromatic heterocycles. The van der Waals surface area contributed by atoms with E-state index >= 15 is 0 Å². The first-order valence-corrected chi connectivity index (χ1v) is 9.21. The van der Waals surface area contributed by atoms with Gasteiger partial charge in [0.2, 0.25) is 0 Å². The summed E-state index contributed by atoms with van der Waals surface area (Å²) in [5.74, 6) is 1.97. The van der Waals surface area contributed by atoms with E-state index in [9.17, 15) is 9.90 Å². The first-order chi connectivity index (χ1) is 14.0. The molecule has 0 amide bonds. The summed E-state index contributed by atoms with van der Waals surface area (Å²) >= 11 is 0. The SMILES string of the molecule is Cc1c(-c2cc3cc(OCCOc4ccccc4)ccc3o2)oc(=O)c(C)c1O. The Hall–Kier alpha value is -3.67. The van der Waals surface area contributed by atoms with Crippen LogP contribution >= 0.6 is 0 Å². The number of fused-ring (bicyclic) bond motifs is 1. The van der Waals surface area contributed by atoms with Gasteiger partial charge in [0.05, 0.1) is 5.56 Å². The minimum Gasteiger partial charge on any atom is -0.507 e. The molecule has 6 heteroatoms. The second kappa shape index (κ2) is 7.75. The van der Waals surface area contributed by atoms with E-state index in [1.807, 2.05) is 36.4 Å². The summed E-state index contributed by atoms with van der Waals surface area (Å²) in [5.41, 5.74) is 0.660. The van der Waals surface area contributed by atoms with Gasteiger partial charge in [-0.25, -0.2) is 4.79 Å². The van der Waals surface area contributed by atoms with E-state index in [2.05, 4.69) is 0 Å². The summed E-state index contributed by atoms with van der Waals surface area (Å²) in [5, 5.41) is 10.9. The van der Waals surface area contributed by atoms with Crippen LogP contribution in [0.4, 0.5) is 0 Å². The number of hydrogen-bond donors (Lipinski definition) is 1. The highest BCUT2D eigenvalue weighted by atomic mass is 16.5. The number of para-hydroxylation sites is 1. The lowest BCUT2D eigenvalue weighted by Gasteiger charge is -2.08. The van der Waals surface area contributed by atoms with Crippen molar-refractivity contribution in [2.45, 2.75) is 13.8 Å². The third-order valence-electron chi connectivity index (χ3n) is 4.63. The van der Waals surface area contributed by atoms with E-state index in [-0.39, 0.29) is 17.1 Å². The fourth-order valence-electron chi connectivity index (χ4n) is 3.03. The molecule has 0 fully saturated rings. The number of hydrogen-bond acceptors (Lipinski definition) is 6. The van der Waals surface area contributed by atoms with E-state index < -0.39 is 5.63 Å². The van der Waals surface area contributed by atoms with E-state index in [0.717, 1.165) is 11.1 Å². The minimum atomic E-state index is -0.592. The van der Waals surface area contributed by atoms with Gasteiger partial charge in [-0.05, 0) is 50.2 Å². The molecule has 0 spiro atoms. The fourth-order valence-corrected chi connectivity index (χ4v) is 3.03. The molecule has 0 aliphatic carbocycles. The third-order valence-corrected chi connectivity index (χ3v) is 4.63. The molecule has 4 rings (SSSR count). The predicted molar refractivity (Wildman–Crippen MR) is 109 cm³/mol. The maximum absolute atomic E-state index is 11.9. The molecule has 0 bridgehead atoms. The number of aromatic hydroxyl groups is 1. The molecule has 1 N–H and O–H groups in total. The first kappa shape index (κ1) is 18.7. The van der Waals surface area contributed by atoms with Gasteiger partial charge in [-0.1, -0.05) is 18.2 Å². The Morgan fingerprint density at radius 2 is 1.59 bits per heavy atom. The molecule has 0 radical (unpaired) electrons. The molecular weight excluding hydrogens is 372 g/mol. The zero-order valence-corrected chi connectivity index (χ0v) is 16.1. The number of benzene rings is 2. The van der Waals surface area contributed by atoms with E-state index in [1.54, 1.807) is 25.1 Å². The number of ether oxygens (including phenoxy) is 2. The molecule has 148 valence electrons. The van der Waals surface area contributed by atoms with Gasteiger partial charge in [0, 0.05) is 10.9 Å². The quantitative estimate of drug-likeness (QED) is 0.473. The second-order valence-corrected chi connectivity index (χ2v) is 6.64. The molecule has 2 heterocycles. The van der Waals surface area contributed by atoms with Crippen LogP contribution in [0.2, 0.25) is 0 Å². The monoisotopic (exact) mass is 392 g/mol. The van der Waals surface area contributed by atoms with Crippen molar-refractivity contribution >= 4 is 11.0 Å². The van der Waals surface area contributed by atoms with Gasteiger partial charge in [-0.15, -0.1) is 0 Å². The van der Waals surface area contributed by atoms with Gasteiger partial charge in [0.25, 0.3) is 0 Å². The lowest BCUT2D eigenvalue weighted by molar-refractivity contribution is 0.217. The summed E-state index contributed by atoms with van der Waals surface area (Å²) in [6.45, 7) is 4.01. The van der Waals surface area contributed by atoms with Crippen LogP contribution in [-0.4, -0.2) is 18.3 Å². The average Bonchev–Trinajstić information content (AvgIpc) is 3.16. The molecular formula is C23H20O6. The van der Waals surface area contributed by atoms with E-state index in [0.29, 0.717) is 35.9 Å². The van der Waals surface area contributed by atoms with E-state index in [4.69, 9.17) is 18.3 Å². The highest BCUT2D eigenvalue weighted by Gasteiger charge is 2.18. The van der Waals surface area contributed by atoms with Crippen molar-refractivity contribution < 1.29 is 23.4 Å². The Morgan fingerprint density at radius 3 is 2.34 bits per heavy atom. The third kappa shape index (κ3) is 3.82. The van der Waals surface area contributed by atoms with Crippen molar-refractivity contribution in [1.29, 1.82) is 0 Å². The van der Waals surface area contributed by atoms with Gasteiger partial charge in [0.15, 0.2) is 11.5 Å². The number of furan rings is 1. The molecule has 4 aromatic rings. The molecule has 0 aliphatic heterocycles. The summed E-state index contributed by atoms with van der Waals surface area (Å²) in [6.07, 6.45) is 0. The Labute approximate surface area is 166 Å². The van der Waals surface area contributed by atoms with Crippen molar-refractivity contribution in [3.63, 3.8) is 0 Å². The Morgan fingerprint density at radius 1 is 0.862 bits per heavy atom. The van der Waals surface area contributed by atoms with Crippen molar-refractivity contribution in [2.24, 2.45) is 0 Å². The topological polar surface area (TPSA) is 82.0 Å². The van der Waals surface area contributed by atoms with Crippen molar-refractivity contribution in [3.05, 3.63) is 76.1 Å². The highest BCUT2D eigenvalue weighted by molar-refractivity contribution is 5.84. The largest absolute Gasteiger partial charge is 0.507 e. The van der Waals surface area contributed by atoms with Gasteiger partial charge < -0.3 is 23.4 Å². The van der Waals surface area contributed by atoms with Crippen molar-refractivity contribution in [2.75, 3.05) is 13.2 Å². The Balaban J connectivity index is 1.50. The van der Waals surface area contributed by atoms with Crippen LogP contribution in [0, 0.1) is 13.8 Å². The molecule has 2 aromatic carbocycles. The van der Waals surface area contributed by atoms with Crippen LogP contribution in [0.25, 0.3) is 22.5 Å². The maximum atomic E-state index is 11.9. The summed E-state index contributed by atoms with van der Waals surface area (Å²) in [4.78, 5) is 11.9. The molecule has 0 unspecified atom stereocenters. The fraction of sp³-hybridized carbons (Fsp3) is 0.174. The Bertz CT molecular complexity index is 1200. The zero-order chi connectivity index (χ0) is 20.4. The smallest absolute Gasteiger partial charge is 0.343 e. The van der Waals surface area contributed by atoms with Gasteiger partial charge in [0.1, 0.15) is 36.0 Å². The summed E-state index contributed by atoms with van der Waals surface area (Å²) < 4.78 is 22.5. The first-order valence-electron chi connectivity index (χ1n) is 9.21. The normalized spacial score (nSPS) is 11.0. The molecule has 0 saturated carbocycles. The second-order valence-electron chi connectivity index (χ2n) is 6.64. The number of rotatable bonds is 6. The van der Waals surface area contributed by atoms with Crippen LogP contribution in [-0.2, 0) is 0 Å². The summed E-state index contributed by atoms with van der Waals surface area (Å²) in [6, 6.07) is 16.7. The lowest BCUT2D eigenvalue weighted by atomic mass is 10.1. The van der Waals surface area contributed by atoms with Crippen LogP contribution in [0.1, 0.15) is 11.1 Å². The standard InChI is InChI=1S/C23H20O6/c1-14-21(24)15(2)23(25)29-22(14)20-13-16-12-18(8-9-19(16)28-20)27-11-10-26-17-6-4-3-5-7-17/h3-9,12-13,24H,10-11H2,1-2H3. The molecule has 6 nitrogen and oxygen atoms in total. The summed E-state index contributed by atoms with van der Waals surface area (Å²) in [7, 11) is 0. The average molecular weight is 392 g/mol. The minimum absolute atomic E-state index is 0.0841. The van der Waals surface area contributed by atoms with Crippen LogP contribution in [0.5, 0.6) is 17.2 Å². The zero-order valence-electron chi connectivity index (χ0n) is 16.1. The predicted octanol–water partition coefficient (Wildman–Crippen LogP) is 4.83. The van der Waals surface area contributed by atoms with Gasteiger partial charge >= 0.3 is 5.63 Å². The maximum Gasteiger partial charge on any atom is 0.343 e. The molecule has 0 atom stereocenters.